The van der Waals surface area contributed by atoms with Crippen LogP contribution in [0.1, 0.15) is 36.8 Å². The summed E-state index contributed by atoms with van der Waals surface area (Å²) in [6, 6.07) is 8.46. The van der Waals surface area contributed by atoms with E-state index in [9.17, 15) is 13.6 Å². The van der Waals surface area contributed by atoms with Crippen LogP contribution in [0.4, 0.5) is 8.78 Å². The topological polar surface area (TPSA) is 17.1 Å². The van der Waals surface area contributed by atoms with E-state index < -0.39 is 23.5 Å². The van der Waals surface area contributed by atoms with Crippen LogP contribution in [0.2, 0.25) is 10.0 Å². The maximum absolute atomic E-state index is 13.9. The molecule has 0 aliphatic rings. The van der Waals surface area contributed by atoms with Gasteiger partial charge in [-0.1, -0.05) is 49.2 Å². The van der Waals surface area contributed by atoms with Crippen LogP contribution in [0.25, 0.3) is 0 Å². The van der Waals surface area contributed by atoms with Crippen molar-refractivity contribution >= 4 is 29.0 Å². The lowest BCUT2D eigenvalue weighted by Crippen LogP contribution is -2.19. The van der Waals surface area contributed by atoms with Gasteiger partial charge in [-0.25, -0.2) is 8.78 Å². The highest BCUT2D eigenvalue weighted by Crippen LogP contribution is 2.35. The third-order valence-corrected chi connectivity index (χ3v) is 4.38. The van der Waals surface area contributed by atoms with Gasteiger partial charge in [0.1, 0.15) is 17.4 Å². The molecule has 5 heteroatoms. The summed E-state index contributed by atoms with van der Waals surface area (Å²) < 4.78 is 27.9. The molecule has 0 aliphatic heterocycles. The highest BCUT2D eigenvalue weighted by atomic mass is 35.5. The van der Waals surface area contributed by atoms with E-state index in [-0.39, 0.29) is 27.0 Å². The molecule has 2 aromatic carbocycles. The summed E-state index contributed by atoms with van der Waals surface area (Å²) in [5.41, 5.74) is 0.238. The molecule has 0 saturated heterocycles. The fourth-order valence-electron chi connectivity index (χ4n) is 2.51. The Balaban J connectivity index is 2.39. The van der Waals surface area contributed by atoms with Crippen LogP contribution in [0.3, 0.4) is 0 Å². The van der Waals surface area contributed by atoms with Gasteiger partial charge in [-0.15, -0.1) is 0 Å². The van der Waals surface area contributed by atoms with Crippen molar-refractivity contribution in [3.8, 4) is 0 Å². The van der Waals surface area contributed by atoms with E-state index in [2.05, 4.69) is 0 Å². The zero-order chi connectivity index (χ0) is 16.4. The normalized spacial score (nSPS) is 13.7. The van der Waals surface area contributed by atoms with Crippen molar-refractivity contribution in [2.24, 2.45) is 0 Å². The quantitative estimate of drug-likeness (QED) is 0.691. The lowest BCUT2D eigenvalue weighted by Gasteiger charge is -2.19. The van der Waals surface area contributed by atoms with Gasteiger partial charge in [0.15, 0.2) is 0 Å². The van der Waals surface area contributed by atoms with Gasteiger partial charge in [0.25, 0.3) is 0 Å². The first-order chi connectivity index (χ1) is 10.3. The fraction of sp³-hybridized carbons (Fsp3) is 0.235. The molecule has 2 unspecified atom stereocenters. The van der Waals surface area contributed by atoms with E-state index in [4.69, 9.17) is 23.2 Å². The van der Waals surface area contributed by atoms with Crippen LogP contribution in [-0.2, 0) is 4.79 Å². The second-order valence-electron chi connectivity index (χ2n) is 5.12. The van der Waals surface area contributed by atoms with Gasteiger partial charge in [-0.3, -0.25) is 4.79 Å². The molecule has 0 heterocycles. The lowest BCUT2D eigenvalue weighted by molar-refractivity contribution is -0.121. The molecular formula is C17H14Cl2F2O. The van der Waals surface area contributed by atoms with E-state index in [1.165, 1.54) is 36.4 Å². The summed E-state index contributed by atoms with van der Waals surface area (Å²) in [5, 5.41) is 0.348. The molecule has 0 radical (unpaired) electrons. The molecule has 0 amide bonds. The van der Waals surface area contributed by atoms with Gasteiger partial charge in [-0.05, 0) is 24.3 Å². The summed E-state index contributed by atoms with van der Waals surface area (Å²) in [7, 11) is 0. The van der Waals surface area contributed by atoms with Crippen molar-refractivity contribution in [2.45, 2.75) is 25.7 Å². The van der Waals surface area contributed by atoms with Crippen molar-refractivity contribution in [3.63, 3.8) is 0 Å². The molecule has 22 heavy (non-hydrogen) atoms. The average Bonchev–Trinajstić information content (AvgIpc) is 2.45. The second kappa shape index (κ2) is 6.76. The second-order valence-corrected chi connectivity index (χ2v) is 5.93. The molecule has 2 atom stereocenters. The number of ketones is 1. The zero-order valence-electron chi connectivity index (χ0n) is 12.0. The van der Waals surface area contributed by atoms with Crippen molar-refractivity contribution in [1.82, 2.24) is 0 Å². The Morgan fingerprint density at radius 2 is 1.23 bits per heavy atom. The lowest BCUT2D eigenvalue weighted by atomic mass is 9.85. The van der Waals surface area contributed by atoms with Crippen molar-refractivity contribution in [2.75, 3.05) is 0 Å². The Morgan fingerprint density at radius 1 is 0.864 bits per heavy atom. The number of benzene rings is 2. The summed E-state index contributed by atoms with van der Waals surface area (Å²) in [6.07, 6.45) is 0. The Labute approximate surface area is 137 Å². The van der Waals surface area contributed by atoms with Crippen LogP contribution in [0.15, 0.2) is 36.4 Å². The van der Waals surface area contributed by atoms with Crippen LogP contribution < -0.4 is 0 Å². The number of hydrogen-bond donors (Lipinski definition) is 0. The SMILES string of the molecule is CC(C(=O)C(C)c1c(F)cccc1Cl)c1c(F)cccc1Cl. The van der Waals surface area contributed by atoms with E-state index >= 15 is 0 Å². The predicted molar refractivity (Wildman–Crippen MR) is 84.7 cm³/mol. The Morgan fingerprint density at radius 3 is 1.55 bits per heavy atom. The van der Waals surface area contributed by atoms with Crippen LogP contribution >= 0.6 is 23.2 Å². The zero-order valence-corrected chi connectivity index (χ0v) is 13.6. The first-order valence-corrected chi connectivity index (χ1v) is 7.51. The molecule has 0 N–H and O–H groups in total. The molecule has 0 saturated carbocycles. The number of carbonyl (C=O) groups excluding carboxylic acids is 1. The summed E-state index contributed by atoms with van der Waals surface area (Å²) in [5.74, 6) is -3.07. The number of rotatable bonds is 4. The Bertz CT molecular complexity index is 616. The van der Waals surface area contributed by atoms with E-state index in [0.717, 1.165) is 0 Å². The molecule has 0 aliphatic carbocycles. The minimum Gasteiger partial charge on any atom is -0.298 e. The largest absolute Gasteiger partial charge is 0.298 e. The van der Waals surface area contributed by atoms with Crippen molar-refractivity contribution in [1.29, 1.82) is 0 Å². The highest BCUT2D eigenvalue weighted by molar-refractivity contribution is 6.32. The van der Waals surface area contributed by atoms with Gasteiger partial charge in [0, 0.05) is 33.0 Å². The van der Waals surface area contributed by atoms with Gasteiger partial charge in [0.05, 0.1) is 0 Å². The molecule has 0 fully saturated rings. The summed E-state index contributed by atoms with van der Waals surface area (Å²) in [6.45, 7) is 3.11. The summed E-state index contributed by atoms with van der Waals surface area (Å²) >= 11 is 12.0. The Kier molecular flexibility index (Phi) is 5.20. The molecule has 0 spiro atoms. The minimum absolute atomic E-state index is 0.119. The van der Waals surface area contributed by atoms with Gasteiger partial charge >= 0.3 is 0 Å². The number of carbonyl (C=O) groups is 1. The van der Waals surface area contributed by atoms with E-state index in [1.807, 2.05) is 0 Å². The first-order valence-electron chi connectivity index (χ1n) is 6.76. The van der Waals surface area contributed by atoms with Gasteiger partial charge in [-0.2, -0.15) is 0 Å². The molecule has 116 valence electrons. The van der Waals surface area contributed by atoms with Crippen molar-refractivity contribution < 1.29 is 13.6 Å². The molecule has 2 aromatic rings. The monoisotopic (exact) mass is 342 g/mol. The molecule has 1 nitrogen and oxygen atoms in total. The number of halogens is 4. The van der Waals surface area contributed by atoms with Crippen LogP contribution in [0, 0.1) is 11.6 Å². The molecule has 0 aromatic heterocycles. The van der Waals surface area contributed by atoms with Crippen LogP contribution in [-0.4, -0.2) is 5.78 Å². The minimum atomic E-state index is -0.806. The molecular weight excluding hydrogens is 329 g/mol. The van der Waals surface area contributed by atoms with Crippen LogP contribution in [0.5, 0.6) is 0 Å². The average molecular weight is 343 g/mol. The molecule has 2 rings (SSSR count). The molecule has 0 bridgehead atoms. The smallest absolute Gasteiger partial charge is 0.147 e. The third kappa shape index (κ3) is 3.16. The third-order valence-electron chi connectivity index (χ3n) is 3.72. The predicted octanol–water partition coefficient (Wildman–Crippen LogP) is 5.75. The Hall–Kier alpha value is -1.45. The maximum atomic E-state index is 13.9. The van der Waals surface area contributed by atoms with Gasteiger partial charge < -0.3 is 0 Å². The standard InChI is InChI=1S/C17H14Cl2F2O/c1-9(15-11(18)5-3-7-13(15)20)17(22)10(2)16-12(19)6-4-8-14(16)21/h3-10H,1-2H3. The first kappa shape index (κ1) is 16.9. The maximum Gasteiger partial charge on any atom is 0.147 e. The number of Topliss-reactive ketones (excluding diaryl/α,β-unsaturated/α-hetero) is 1. The van der Waals surface area contributed by atoms with Gasteiger partial charge in [0.2, 0.25) is 0 Å². The van der Waals surface area contributed by atoms with Crippen molar-refractivity contribution in [3.05, 3.63) is 69.2 Å². The highest BCUT2D eigenvalue weighted by Gasteiger charge is 2.29. The van der Waals surface area contributed by atoms with E-state index in [0.29, 0.717) is 0 Å². The summed E-state index contributed by atoms with van der Waals surface area (Å²) in [4.78, 5) is 12.6. The fourth-order valence-corrected chi connectivity index (χ4v) is 3.16. The number of hydrogen-bond acceptors (Lipinski definition) is 1. The van der Waals surface area contributed by atoms with E-state index in [1.54, 1.807) is 13.8 Å².